The molecule has 2 aromatic rings. The molecular formula is C14H18N2S. The van der Waals surface area contributed by atoms with E-state index in [-0.39, 0.29) is 5.54 Å². The first-order chi connectivity index (χ1) is 8.04. The fraction of sp³-hybridized carbons (Fsp3) is 0.500. The normalized spacial score (nSPS) is 16.4. The number of thiazole rings is 1. The Balaban J connectivity index is 1.90. The Kier molecular flexibility index (Phi) is 2.40. The molecule has 0 atom stereocenters. The van der Waals surface area contributed by atoms with Gasteiger partial charge >= 0.3 is 0 Å². The molecule has 3 rings (SSSR count). The van der Waals surface area contributed by atoms with Crippen LogP contribution in [-0.4, -0.2) is 10.5 Å². The van der Waals surface area contributed by atoms with Crippen LogP contribution in [-0.2, 0) is 0 Å². The molecule has 0 amide bonds. The molecule has 1 fully saturated rings. The lowest BCUT2D eigenvalue weighted by Crippen LogP contribution is -2.33. The molecule has 0 saturated heterocycles. The van der Waals surface area contributed by atoms with E-state index < -0.39 is 0 Å². The van der Waals surface area contributed by atoms with Gasteiger partial charge in [-0.25, -0.2) is 4.98 Å². The molecule has 0 spiro atoms. The zero-order valence-electron chi connectivity index (χ0n) is 10.6. The largest absolute Gasteiger partial charge is 0.356 e. The molecule has 0 aliphatic heterocycles. The summed E-state index contributed by atoms with van der Waals surface area (Å²) in [6, 6.07) is 6.44. The molecule has 1 heterocycles. The summed E-state index contributed by atoms with van der Waals surface area (Å²) in [6.45, 7) is 6.68. The minimum Gasteiger partial charge on any atom is -0.356 e. The van der Waals surface area contributed by atoms with Crippen LogP contribution in [0.15, 0.2) is 18.2 Å². The van der Waals surface area contributed by atoms with Crippen LogP contribution < -0.4 is 5.32 Å². The Labute approximate surface area is 106 Å². The third-order valence-corrected chi connectivity index (χ3v) is 4.50. The average Bonchev–Trinajstić information content (AvgIpc) is 3.01. The van der Waals surface area contributed by atoms with Gasteiger partial charge in [0.15, 0.2) is 5.13 Å². The molecule has 1 aliphatic carbocycles. The number of nitrogens with one attached hydrogen (secondary N) is 1. The topological polar surface area (TPSA) is 24.9 Å². The molecule has 90 valence electrons. The number of fused-ring (bicyclic) bond motifs is 1. The monoisotopic (exact) mass is 246 g/mol. The Morgan fingerprint density at radius 2 is 2.12 bits per heavy atom. The summed E-state index contributed by atoms with van der Waals surface area (Å²) in [5.74, 6) is 0.816. The molecular weight excluding hydrogens is 228 g/mol. The predicted octanol–water partition coefficient (Wildman–Crippen LogP) is 4.21. The summed E-state index contributed by atoms with van der Waals surface area (Å²) in [5, 5.41) is 4.65. The first-order valence-corrected chi connectivity index (χ1v) is 7.02. The number of hydrogen-bond acceptors (Lipinski definition) is 3. The molecule has 17 heavy (non-hydrogen) atoms. The maximum atomic E-state index is 4.66. The van der Waals surface area contributed by atoms with E-state index >= 15 is 0 Å². The maximum Gasteiger partial charge on any atom is 0.184 e. The number of hydrogen-bond donors (Lipinski definition) is 1. The van der Waals surface area contributed by atoms with Crippen molar-refractivity contribution in [2.45, 2.75) is 39.2 Å². The van der Waals surface area contributed by atoms with Gasteiger partial charge in [-0.3, -0.25) is 0 Å². The lowest BCUT2D eigenvalue weighted by molar-refractivity contribution is 0.494. The summed E-state index contributed by atoms with van der Waals surface area (Å²) in [6.07, 6.45) is 2.70. The second kappa shape index (κ2) is 3.70. The van der Waals surface area contributed by atoms with Crippen LogP contribution in [0.2, 0.25) is 0 Å². The van der Waals surface area contributed by atoms with Gasteiger partial charge in [0.1, 0.15) is 0 Å². The van der Waals surface area contributed by atoms with E-state index in [4.69, 9.17) is 0 Å². The molecule has 3 heteroatoms. The number of aromatic nitrogens is 1. The maximum absolute atomic E-state index is 4.66. The van der Waals surface area contributed by atoms with E-state index in [9.17, 15) is 0 Å². The number of benzene rings is 1. The highest BCUT2D eigenvalue weighted by molar-refractivity contribution is 7.22. The second-order valence-corrected chi connectivity index (χ2v) is 6.64. The van der Waals surface area contributed by atoms with Crippen LogP contribution >= 0.6 is 11.3 Å². The van der Waals surface area contributed by atoms with Crippen molar-refractivity contribution in [1.29, 1.82) is 0 Å². The number of nitrogens with zero attached hydrogens (tertiary/aromatic N) is 1. The molecule has 2 nitrogen and oxygen atoms in total. The molecule has 0 bridgehead atoms. The van der Waals surface area contributed by atoms with Crippen molar-refractivity contribution >= 4 is 26.7 Å². The third kappa shape index (κ3) is 2.16. The summed E-state index contributed by atoms with van der Waals surface area (Å²) >= 11 is 1.76. The SMILES string of the molecule is Cc1ccc2nc(NC(C)(C)C3CC3)sc2c1. The van der Waals surface area contributed by atoms with E-state index in [1.54, 1.807) is 11.3 Å². The predicted molar refractivity (Wildman–Crippen MR) is 74.8 cm³/mol. The Hall–Kier alpha value is -1.09. The van der Waals surface area contributed by atoms with E-state index in [2.05, 4.69) is 49.3 Å². The van der Waals surface area contributed by atoms with Gasteiger partial charge in [-0.1, -0.05) is 17.4 Å². The van der Waals surface area contributed by atoms with Gasteiger partial charge in [0.05, 0.1) is 10.2 Å². The third-order valence-electron chi connectivity index (χ3n) is 3.57. The smallest absolute Gasteiger partial charge is 0.184 e. The van der Waals surface area contributed by atoms with Gasteiger partial charge in [0.2, 0.25) is 0 Å². The summed E-state index contributed by atoms with van der Waals surface area (Å²) in [5.41, 5.74) is 2.59. The Morgan fingerprint density at radius 3 is 2.82 bits per heavy atom. The molecule has 1 aromatic carbocycles. The van der Waals surface area contributed by atoms with E-state index in [0.29, 0.717) is 0 Å². The number of anilines is 1. The Bertz CT molecular complexity index is 552. The number of aryl methyl sites for hydroxylation is 1. The second-order valence-electron chi connectivity index (χ2n) is 5.61. The van der Waals surface area contributed by atoms with Crippen molar-refractivity contribution in [3.63, 3.8) is 0 Å². The highest BCUT2D eigenvalue weighted by Gasteiger charge is 2.38. The van der Waals surface area contributed by atoms with Gasteiger partial charge in [-0.05, 0) is 57.2 Å². The van der Waals surface area contributed by atoms with Crippen molar-refractivity contribution in [2.75, 3.05) is 5.32 Å². The van der Waals surface area contributed by atoms with Crippen LogP contribution in [0.3, 0.4) is 0 Å². The summed E-state index contributed by atoms with van der Waals surface area (Å²) < 4.78 is 1.28. The van der Waals surface area contributed by atoms with Gasteiger partial charge in [-0.2, -0.15) is 0 Å². The first kappa shape index (κ1) is 11.0. The van der Waals surface area contributed by atoms with Gasteiger partial charge in [0.25, 0.3) is 0 Å². The van der Waals surface area contributed by atoms with Crippen LogP contribution in [0.5, 0.6) is 0 Å². The fourth-order valence-corrected chi connectivity index (χ4v) is 3.40. The zero-order chi connectivity index (χ0) is 12.0. The van der Waals surface area contributed by atoms with Crippen LogP contribution in [0, 0.1) is 12.8 Å². The van der Waals surface area contributed by atoms with Gasteiger partial charge in [0, 0.05) is 5.54 Å². The quantitative estimate of drug-likeness (QED) is 0.877. The van der Waals surface area contributed by atoms with Crippen molar-refractivity contribution in [1.82, 2.24) is 4.98 Å². The highest BCUT2D eigenvalue weighted by atomic mass is 32.1. The lowest BCUT2D eigenvalue weighted by Gasteiger charge is -2.25. The van der Waals surface area contributed by atoms with E-state index in [1.165, 1.54) is 23.1 Å². The summed E-state index contributed by atoms with van der Waals surface area (Å²) in [7, 11) is 0. The van der Waals surface area contributed by atoms with Crippen molar-refractivity contribution in [3.8, 4) is 0 Å². The minimum atomic E-state index is 0.183. The standard InChI is InChI=1S/C14H18N2S/c1-9-4-7-11-12(8-9)17-13(15-11)16-14(2,3)10-5-6-10/h4,7-8,10H,5-6H2,1-3H3,(H,15,16). The fourth-order valence-electron chi connectivity index (χ4n) is 2.27. The van der Waals surface area contributed by atoms with Crippen molar-refractivity contribution in [2.24, 2.45) is 5.92 Å². The molecule has 0 radical (unpaired) electrons. The summed E-state index contributed by atoms with van der Waals surface area (Å²) in [4.78, 5) is 4.66. The van der Waals surface area contributed by atoms with Crippen LogP contribution in [0.25, 0.3) is 10.2 Å². The highest BCUT2D eigenvalue weighted by Crippen LogP contribution is 2.42. The molecule has 1 aromatic heterocycles. The minimum absolute atomic E-state index is 0.183. The molecule has 1 saturated carbocycles. The van der Waals surface area contributed by atoms with Crippen molar-refractivity contribution < 1.29 is 0 Å². The average molecular weight is 246 g/mol. The van der Waals surface area contributed by atoms with E-state index in [1.807, 2.05) is 0 Å². The zero-order valence-corrected chi connectivity index (χ0v) is 11.4. The van der Waals surface area contributed by atoms with Gasteiger partial charge in [-0.15, -0.1) is 0 Å². The Morgan fingerprint density at radius 1 is 1.35 bits per heavy atom. The lowest BCUT2D eigenvalue weighted by atomic mass is 9.99. The molecule has 1 aliphatic rings. The van der Waals surface area contributed by atoms with Crippen LogP contribution in [0.4, 0.5) is 5.13 Å². The first-order valence-electron chi connectivity index (χ1n) is 6.20. The van der Waals surface area contributed by atoms with E-state index in [0.717, 1.165) is 16.6 Å². The van der Waals surface area contributed by atoms with Crippen LogP contribution in [0.1, 0.15) is 32.3 Å². The molecule has 0 unspecified atom stereocenters. The number of rotatable bonds is 3. The van der Waals surface area contributed by atoms with Gasteiger partial charge < -0.3 is 5.32 Å². The molecule has 1 N–H and O–H groups in total. The van der Waals surface area contributed by atoms with Crippen molar-refractivity contribution in [3.05, 3.63) is 23.8 Å².